The topological polar surface area (TPSA) is 76.2 Å². The molecule has 5 nitrogen and oxygen atoms in total. The number of nitro benzene ring substituents is 1. The molecular weight excluding hydrogens is 674 g/mol. The molecule has 0 unspecified atom stereocenters. The van der Waals surface area contributed by atoms with Gasteiger partial charge in [-0.25, -0.2) is 0 Å². The first-order chi connectivity index (χ1) is 14.4. The van der Waals surface area contributed by atoms with Crippen molar-refractivity contribution in [2.24, 2.45) is 0 Å². The Hall–Kier alpha value is -1.97. The highest BCUT2D eigenvalue weighted by atomic mass is 127. The van der Waals surface area contributed by atoms with Crippen molar-refractivity contribution < 1.29 is 9.66 Å². The zero-order valence-electron chi connectivity index (χ0n) is 15.3. The minimum Gasteiger partial charge on any atom is -0.487 e. The Kier molecular flexibility index (Phi) is 7.85. The van der Waals surface area contributed by atoms with Crippen LogP contribution < -0.4 is 4.74 Å². The van der Waals surface area contributed by atoms with E-state index in [9.17, 15) is 15.4 Å². The van der Waals surface area contributed by atoms with Gasteiger partial charge in [0.2, 0.25) is 0 Å². The number of hydrogen-bond acceptors (Lipinski definition) is 4. The molecule has 8 heteroatoms. The van der Waals surface area contributed by atoms with Crippen LogP contribution in [0.15, 0.2) is 65.1 Å². The lowest BCUT2D eigenvalue weighted by molar-refractivity contribution is -0.384. The Morgan fingerprint density at radius 2 is 1.70 bits per heavy atom. The van der Waals surface area contributed by atoms with Crippen LogP contribution in [0.1, 0.15) is 16.7 Å². The normalized spacial score (nSPS) is 11.1. The lowest BCUT2D eigenvalue weighted by Gasteiger charge is -2.12. The van der Waals surface area contributed by atoms with E-state index >= 15 is 0 Å². The van der Waals surface area contributed by atoms with Gasteiger partial charge in [-0.2, -0.15) is 5.26 Å². The van der Waals surface area contributed by atoms with E-state index in [0.29, 0.717) is 12.2 Å². The molecule has 0 bridgehead atoms. The van der Waals surface area contributed by atoms with Gasteiger partial charge in [0.25, 0.3) is 5.69 Å². The summed E-state index contributed by atoms with van der Waals surface area (Å²) in [5.41, 5.74) is 3.24. The number of hydrogen-bond donors (Lipinski definition) is 0. The number of non-ortho nitro benzene ring substituents is 1. The Bertz CT molecular complexity index is 1130. The number of rotatable bonds is 6. The summed E-state index contributed by atoms with van der Waals surface area (Å²) in [6, 6.07) is 20.1. The van der Waals surface area contributed by atoms with Crippen molar-refractivity contribution >= 4 is 78.4 Å². The van der Waals surface area contributed by atoms with Gasteiger partial charge >= 0.3 is 0 Å². The number of benzene rings is 3. The van der Waals surface area contributed by atoms with Crippen LogP contribution in [0.25, 0.3) is 11.6 Å². The number of ether oxygens (including phenoxy) is 1. The van der Waals surface area contributed by atoms with Crippen LogP contribution in [0.5, 0.6) is 5.75 Å². The van der Waals surface area contributed by atoms with E-state index in [1.165, 1.54) is 12.1 Å². The minimum absolute atomic E-state index is 0.0538. The Labute approximate surface area is 209 Å². The number of allylic oxidation sites excluding steroid dienone is 1. The summed E-state index contributed by atoms with van der Waals surface area (Å²) in [5, 5.41) is 20.3. The Morgan fingerprint density at radius 3 is 2.23 bits per heavy atom. The fourth-order valence-corrected chi connectivity index (χ4v) is 5.04. The highest BCUT2D eigenvalue weighted by molar-refractivity contribution is 14.1. The molecule has 3 aromatic carbocycles. The fourth-order valence-electron chi connectivity index (χ4n) is 2.65. The predicted octanol–water partition coefficient (Wildman–Crippen LogP) is 7.21. The molecule has 0 radical (unpaired) electrons. The first-order valence-corrected chi connectivity index (χ1v) is 11.6. The van der Waals surface area contributed by atoms with Crippen LogP contribution in [0.3, 0.4) is 0 Å². The molecule has 0 aliphatic carbocycles. The van der Waals surface area contributed by atoms with Crippen molar-refractivity contribution in [3.8, 4) is 11.8 Å². The van der Waals surface area contributed by atoms with Crippen molar-refractivity contribution in [1.29, 1.82) is 5.26 Å². The molecule has 0 heterocycles. The zero-order chi connectivity index (χ0) is 21.7. The summed E-state index contributed by atoms with van der Waals surface area (Å²) >= 11 is 7.82. The van der Waals surface area contributed by atoms with E-state index in [0.717, 1.165) is 34.1 Å². The molecule has 0 saturated carbocycles. The molecule has 0 aliphatic rings. The quantitative estimate of drug-likeness (QED) is 0.0904. The minimum atomic E-state index is -0.424. The third-order valence-corrected chi connectivity index (χ3v) is 6.27. The van der Waals surface area contributed by atoms with Crippen molar-refractivity contribution in [2.75, 3.05) is 0 Å². The molecule has 150 valence electrons. The standard InChI is InChI=1S/C22H13BrI2N2O3/c23-18-5-3-16(4-6-18)17(12-26)9-15-10-20(24)22(21(25)11-15)30-13-14-1-7-19(8-2-14)27(28)29/h1-11H,13H2/b17-9-. The van der Waals surface area contributed by atoms with Gasteiger partial charge in [-0.3, -0.25) is 10.1 Å². The first-order valence-electron chi connectivity index (χ1n) is 8.60. The maximum atomic E-state index is 10.8. The number of nitrogens with zero attached hydrogens (tertiary/aromatic N) is 2. The molecule has 0 N–H and O–H groups in total. The summed E-state index contributed by atoms with van der Waals surface area (Å²) in [4.78, 5) is 10.3. The average molecular weight is 687 g/mol. The van der Waals surface area contributed by atoms with Crippen LogP contribution in [-0.2, 0) is 6.61 Å². The van der Waals surface area contributed by atoms with Gasteiger partial charge in [-0.15, -0.1) is 0 Å². The first kappa shape index (κ1) is 22.7. The SMILES string of the molecule is N#C/C(=C/c1cc(I)c(OCc2ccc([N+](=O)[O-])cc2)c(I)c1)c1ccc(Br)cc1. The molecule has 0 fully saturated rings. The second-order valence-electron chi connectivity index (χ2n) is 6.20. The van der Waals surface area contributed by atoms with Crippen LogP contribution in [0.4, 0.5) is 5.69 Å². The van der Waals surface area contributed by atoms with Gasteiger partial charge < -0.3 is 4.74 Å². The molecule has 30 heavy (non-hydrogen) atoms. The molecule has 0 spiro atoms. The van der Waals surface area contributed by atoms with Gasteiger partial charge in [0.1, 0.15) is 12.4 Å². The largest absolute Gasteiger partial charge is 0.487 e. The lowest BCUT2D eigenvalue weighted by atomic mass is 10.0. The number of nitro groups is 1. The lowest BCUT2D eigenvalue weighted by Crippen LogP contribution is -2.00. The van der Waals surface area contributed by atoms with E-state index in [2.05, 4.69) is 67.2 Å². The summed E-state index contributed by atoms with van der Waals surface area (Å²) < 4.78 is 8.76. The highest BCUT2D eigenvalue weighted by Gasteiger charge is 2.11. The van der Waals surface area contributed by atoms with Gasteiger partial charge in [-0.05, 0) is 104 Å². The molecule has 0 aromatic heterocycles. The molecule has 3 rings (SSSR count). The molecule has 0 atom stereocenters. The van der Waals surface area contributed by atoms with E-state index < -0.39 is 4.92 Å². The smallest absolute Gasteiger partial charge is 0.269 e. The van der Waals surface area contributed by atoms with E-state index in [-0.39, 0.29) is 5.69 Å². The van der Waals surface area contributed by atoms with Gasteiger partial charge in [0.05, 0.1) is 23.7 Å². The number of halogens is 3. The Balaban J connectivity index is 1.80. The molecule has 0 amide bonds. The van der Waals surface area contributed by atoms with Crippen LogP contribution in [-0.4, -0.2) is 4.92 Å². The molecule has 3 aromatic rings. The van der Waals surface area contributed by atoms with Crippen molar-refractivity contribution in [2.45, 2.75) is 6.61 Å². The summed E-state index contributed by atoms with van der Waals surface area (Å²) in [6.07, 6.45) is 1.85. The number of nitriles is 1. The predicted molar refractivity (Wildman–Crippen MR) is 137 cm³/mol. The Morgan fingerprint density at radius 1 is 1.10 bits per heavy atom. The van der Waals surface area contributed by atoms with Crippen LogP contribution in [0, 0.1) is 28.6 Å². The van der Waals surface area contributed by atoms with Crippen molar-refractivity contribution in [3.05, 3.63) is 99.1 Å². The molecular formula is C22H13BrI2N2O3. The van der Waals surface area contributed by atoms with Crippen molar-refractivity contribution in [3.63, 3.8) is 0 Å². The maximum Gasteiger partial charge on any atom is 0.269 e. The maximum absolute atomic E-state index is 10.8. The van der Waals surface area contributed by atoms with E-state index in [4.69, 9.17) is 4.74 Å². The van der Waals surface area contributed by atoms with Gasteiger partial charge in [0.15, 0.2) is 0 Å². The van der Waals surface area contributed by atoms with E-state index in [1.807, 2.05) is 42.5 Å². The molecule has 0 saturated heterocycles. The third kappa shape index (κ3) is 5.80. The third-order valence-electron chi connectivity index (χ3n) is 4.14. The van der Waals surface area contributed by atoms with E-state index in [1.54, 1.807) is 12.1 Å². The zero-order valence-corrected chi connectivity index (χ0v) is 21.2. The monoisotopic (exact) mass is 686 g/mol. The fraction of sp³-hybridized carbons (Fsp3) is 0.0455. The summed E-state index contributed by atoms with van der Waals surface area (Å²) in [6.45, 7) is 0.307. The second-order valence-corrected chi connectivity index (χ2v) is 9.44. The van der Waals surface area contributed by atoms with Gasteiger partial charge in [-0.1, -0.05) is 28.1 Å². The molecule has 0 aliphatic heterocycles. The van der Waals surface area contributed by atoms with Gasteiger partial charge in [0, 0.05) is 16.6 Å². The van der Waals surface area contributed by atoms with Crippen molar-refractivity contribution in [1.82, 2.24) is 0 Å². The van der Waals surface area contributed by atoms with Crippen LogP contribution in [0.2, 0.25) is 0 Å². The summed E-state index contributed by atoms with van der Waals surface area (Å²) in [7, 11) is 0. The summed E-state index contributed by atoms with van der Waals surface area (Å²) in [5.74, 6) is 0.744. The average Bonchev–Trinajstić information content (AvgIpc) is 2.72. The highest BCUT2D eigenvalue weighted by Crippen LogP contribution is 2.31. The second kappa shape index (κ2) is 10.4. The van der Waals surface area contributed by atoms with Crippen LogP contribution >= 0.6 is 61.1 Å².